The number of nitrogens with one attached hydrogen (secondary N) is 2. The molecular weight excluding hydrogens is 434 g/mol. The summed E-state index contributed by atoms with van der Waals surface area (Å²) in [7, 11) is -2.24. The van der Waals surface area contributed by atoms with Crippen molar-refractivity contribution in [1.29, 1.82) is 0 Å². The van der Waals surface area contributed by atoms with Crippen molar-refractivity contribution in [2.75, 3.05) is 13.6 Å². The van der Waals surface area contributed by atoms with Gasteiger partial charge in [0, 0.05) is 24.0 Å². The lowest BCUT2D eigenvalue weighted by Gasteiger charge is -2.21. The quantitative estimate of drug-likeness (QED) is 0.486. The Labute approximate surface area is 189 Å². The van der Waals surface area contributed by atoms with Crippen LogP contribution in [-0.4, -0.2) is 44.7 Å². The van der Waals surface area contributed by atoms with Crippen molar-refractivity contribution in [3.63, 3.8) is 0 Å². The molecule has 31 heavy (non-hydrogen) atoms. The van der Waals surface area contributed by atoms with Crippen molar-refractivity contribution in [2.24, 2.45) is 10.1 Å². The second-order valence-electron chi connectivity index (χ2n) is 7.32. The molecule has 2 aromatic rings. The highest BCUT2D eigenvalue weighted by molar-refractivity contribution is 7.88. The summed E-state index contributed by atoms with van der Waals surface area (Å²) in [4.78, 5) is 4.17. The Morgan fingerprint density at radius 2 is 1.81 bits per heavy atom. The predicted octanol–water partition coefficient (Wildman–Crippen LogP) is 3.74. The highest BCUT2D eigenvalue weighted by Gasteiger charge is 2.32. The summed E-state index contributed by atoms with van der Waals surface area (Å²) in [6, 6.07) is 17.4. The fourth-order valence-electron chi connectivity index (χ4n) is 3.50. The highest BCUT2D eigenvalue weighted by atomic mass is 35.5. The topological polar surface area (TPSA) is 86.2 Å². The predicted molar refractivity (Wildman–Crippen MR) is 127 cm³/mol. The van der Waals surface area contributed by atoms with Crippen molar-refractivity contribution in [3.05, 3.63) is 70.7 Å². The van der Waals surface area contributed by atoms with Gasteiger partial charge in [0.15, 0.2) is 0 Å². The van der Waals surface area contributed by atoms with Gasteiger partial charge in [0.25, 0.3) is 0 Å². The fourth-order valence-corrected chi connectivity index (χ4v) is 4.89. The molecule has 1 aliphatic heterocycles. The third-order valence-corrected chi connectivity index (χ3v) is 6.59. The molecule has 2 N–H and O–H groups in total. The molecule has 9 heteroatoms. The van der Waals surface area contributed by atoms with Crippen LogP contribution >= 0.6 is 11.6 Å². The molecule has 0 radical (unpaired) electrons. The summed E-state index contributed by atoms with van der Waals surface area (Å²) in [5, 5.41) is 6.99. The molecule has 7 nitrogen and oxygen atoms in total. The van der Waals surface area contributed by atoms with Gasteiger partial charge in [0.1, 0.15) is 0 Å². The van der Waals surface area contributed by atoms with E-state index in [0.29, 0.717) is 24.4 Å². The van der Waals surface area contributed by atoms with Crippen molar-refractivity contribution >= 4 is 33.5 Å². The first-order valence-electron chi connectivity index (χ1n) is 10.3. The Kier molecular flexibility index (Phi) is 7.69. The van der Waals surface area contributed by atoms with Gasteiger partial charge in [-0.05, 0) is 36.1 Å². The van der Waals surface area contributed by atoms with Crippen molar-refractivity contribution in [2.45, 2.75) is 38.6 Å². The normalized spacial score (nSPS) is 17.2. The largest absolute Gasteiger partial charge is 0.301 e. The zero-order chi connectivity index (χ0) is 22.4. The zero-order valence-corrected chi connectivity index (χ0v) is 19.5. The van der Waals surface area contributed by atoms with Crippen LogP contribution in [0.15, 0.2) is 64.7 Å². The summed E-state index contributed by atoms with van der Waals surface area (Å²) < 4.78 is 30.5. The van der Waals surface area contributed by atoms with Crippen molar-refractivity contribution in [3.8, 4) is 0 Å². The summed E-state index contributed by atoms with van der Waals surface area (Å²) in [6.45, 7) is 4.35. The molecule has 0 aromatic heterocycles. The number of benzene rings is 2. The van der Waals surface area contributed by atoms with Crippen LogP contribution in [-0.2, 0) is 10.2 Å². The zero-order valence-electron chi connectivity index (χ0n) is 17.9. The van der Waals surface area contributed by atoms with E-state index in [1.165, 1.54) is 0 Å². The maximum Gasteiger partial charge on any atom is 0.301 e. The lowest BCUT2D eigenvalue weighted by molar-refractivity contribution is 0.459. The lowest BCUT2D eigenvalue weighted by Crippen LogP contribution is -2.49. The Morgan fingerprint density at radius 1 is 1.16 bits per heavy atom. The number of hydrogen-bond donors (Lipinski definition) is 2. The van der Waals surface area contributed by atoms with E-state index in [4.69, 9.17) is 16.7 Å². The van der Waals surface area contributed by atoms with E-state index in [1.807, 2.05) is 68.4 Å². The molecule has 0 spiro atoms. The molecule has 0 saturated carbocycles. The number of nitrogens with zero attached hydrogens (tertiary/aromatic N) is 3. The number of guanidine groups is 1. The van der Waals surface area contributed by atoms with Crippen LogP contribution in [0.3, 0.4) is 0 Å². The number of hydrogen-bond acceptors (Lipinski definition) is 4. The van der Waals surface area contributed by atoms with Crippen LogP contribution in [0.4, 0.5) is 0 Å². The van der Waals surface area contributed by atoms with Crippen LogP contribution in [0.25, 0.3) is 0 Å². The maximum atomic E-state index is 12.6. The Balaban J connectivity index is 1.90. The molecule has 0 aliphatic carbocycles. The first-order valence-corrected chi connectivity index (χ1v) is 12.2. The van der Waals surface area contributed by atoms with Gasteiger partial charge in [0.05, 0.1) is 12.3 Å². The van der Waals surface area contributed by atoms with Crippen molar-refractivity contribution in [1.82, 2.24) is 14.5 Å². The van der Waals surface area contributed by atoms with E-state index in [-0.39, 0.29) is 17.9 Å². The number of rotatable bonds is 7. The first kappa shape index (κ1) is 23.2. The molecule has 3 rings (SSSR count). The molecule has 0 amide bonds. The summed E-state index contributed by atoms with van der Waals surface area (Å²) in [5.74, 6) is 0.124. The Morgan fingerprint density at radius 3 is 2.39 bits per heavy atom. The van der Waals surface area contributed by atoms with Gasteiger partial charge >= 0.3 is 10.2 Å². The van der Waals surface area contributed by atoms with E-state index >= 15 is 0 Å². The fraction of sp³-hybridized carbons (Fsp3) is 0.364. The van der Waals surface area contributed by atoms with Gasteiger partial charge in [-0.3, -0.25) is 4.99 Å². The minimum atomic E-state index is -3.78. The van der Waals surface area contributed by atoms with E-state index in [2.05, 4.69) is 14.4 Å². The van der Waals surface area contributed by atoms with E-state index < -0.39 is 10.2 Å². The molecule has 0 saturated heterocycles. The standard InChI is InChI=1S/C22H28ClN5O2S/c1-4-19(5-2)26-31(29,30)27-22(24-3)28-15-20(16-9-7-6-8-10-16)21(25-28)17-11-13-18(23)14-12-17/h6-14,19-20,26H,4-5,15H2,1-3H3,(H,24,27). The van der Waals surface area contributed by atoms with E-state index in [0.717, 1.165) is 16.8 Å². The van der Waals surface area contributed by atoms with Crippen LogP contribution in [0, 0.1) is 0 Å². The maximum absolute atomic E-state index is 12.6. The van der Waals surface area contributed by atoms with Crippen LogP contribution < -0.4 is 9.44 Å². The highest BCUT2D eigenvalue weighted by Crippen LogP contribution is 2.29. The molecule has 1 aliphatic rings. The summed E-state index contributed by atoms with van der Waals surface area (Å²) in [5.41, 5.74) is 2.84. The van der Waals surface area contributed by atoms with E-state index in [1.54, 1.807) is 12.1 Å². The average Bonchev–Trinajstić information content (AvgIpc) is 3.22. The third kappa shape index (κ3) is 5.84. The first-order chi connectivity index (χ1) is 14.9. The summed E-state index contributed by atoms with van der Waals surface area (Å²) >= 11 is 6.06. The smallest absolute Gasteiger partial charge is 0.254 e. The van der Waals surface area contributed by atoms with Gasteiger partial charge in [-0.25, -0.2) is 9.73 Å². The summed E-state index contributed by atoms with van der Waals surface area (Å²) in [6.07, 6.45) is 1.41. The number of hydrazone groups is 1. The lowest BCUT2D eigenvalue weighted by atomic mass is 9.91. The molecule has 166 valence electrons. The monoisotopic (exact) mass is 461 g/mol. The minimum Gasteiger partial charge on any atom is -0.254 e. The Bertz CT molecular complexity index is 1040. The molecule has 1 unspecified atom stereocenters. The van der Waals surface area contributed by atoms with Gasteiger partial charge in [-0.15, -0.1) is 0 Å². The van der Waals surface area contributed by atoms with Crippen LogP contribution in [0.2, 0.25) is 5.02 Å². The molecule has 2 aromatic carbocycles. The van der Waals surface area contributed by atoms with Gasteiger partial charge in [0.2, 0.25) is 5.96 Å². The number of aliphatic imine (C=N–C) groups is 1. The molecule has 1 atom stereocenters. The molecule has 1 heterocycles. The minimum absolute atomic E-state index is 0.0457. The van der Waals surface area contributed by atoms with Crippen LogP contribution in [0.1, 0.15) is 43.7 Å². The second kappa shape index (κ2) is 10.3. The third-order valence-electron chi connectivity index (χ3n) is 5.25. The van der Waals surface area contributed by atoms with Gasteiger partial charge in [-0.1, -0.05) is 67.9 Å². The van der Waals surface area contributed by atoms with E-state index in [9.17, 15) is 8.42 Å². The number of halogens is 1. The van der Waals surface area contributed by atoms with Crippen molar-refractivity contribution < 1.29 is 8.42 Å². The molecule has 0 fully saturated rings. The Hall–Kier alpha value is -2.42. The van der Waals surface area contributed by atoms with Gasteiger partial charge < -0.3 is 0 Å². The molecule has 0 bridgehead atoms. The van der Waals surface area contributed by atoms with Crippen LogP contribution in [0.5, 0.6) is 0 Å². The van der Waals surface area contributed by atoms with Gasteiger partial charge in [-0.2, -0.15) is 18.2 Å². The SMILES string of the molecule is CCC(CC)NS(=O)(=O)NC(=NC)N1CC(c2ccccc2)C(c2ccc(Cl)cc2)=N1. The average molecular weight is 462 g/mol. The second-order valence-corrected chi connectivity index (χ2v) is 9.20. The molecular formula is C22H28ClN5O2S.